The van der Waals surface area contributed by atoms with Gasteiger partial charge in [0.1, 0.15) is 12.1 Å². The highest BCUT2D eigenvalue weighted by molar-refractivity contribution is 6.31. The number of nitrogens with two attached hydrogens (primary N) is 1. The number of carbonyl (C=O) groups excluding carboxylic acids is 2. The summed E-state index contributed by atoms with van der Waals surface area (Å²) in [5.41, 5.74) is 10.3. The lowest BCUT2D eigenvalue weighted by Crippen LogP contribution is -2.59. The number of hydrogen-bond acceptors (Lipinski definition) is 6. The maximum Gasteiger partial charge on any atom is 0.319 e. The number of amides is 3. The van der Waals surface area contributed by atoms with Crippen molar-refractivity contribution in [3.63, 3.8) is 0 Å². The number of benzene rings is 3. The van der Waals surface area contributed by atoms with Crippen molar-refractivity contribution in [2.24, 2.45) is 0 Å². The zero-order valence-corrected chi connectivity index (χ0v) is 22.9. The highest BCUT2D eigenvalue weighted by Gasteiger charge is 2.33. The van der Waals surface area contributed by atoms with Crippen molar-refractivity contribution in [2.45, 2.75) is 19.1 Å². The summed E-state index contributed by atoms with van der Waals surface area (Å²) in [6, 6.07) is 22.2. The van der Waals surface area contributed by atoms with Gasteiger partial charge in [0.2, 0.25) is 5.91 Å². The van der Waals surface area contributed by atoms with Crippen molar-refractivity contribution in [3.8, 4) is 0 Å². The van der Waals surface area contributed by atoms with Gasteiger partial charge in [-0.2, -0.15) is 0 Å². The summed E-state index contributed by atoms with van der Waals surface area (Å²) in [6.45, 7) is 2.06. The maximum absolute atomic E-state index is 13.6. The normalized spacial score (nSPS) is 15.9. The molecule has 1 fully saturated rings. The van der Waals surface area contributed by atoms with Crippen LogP contribution >= 0.6 is 11.6 Å². The Morgan fingerprint density at radius 2 is 1.90 bits per heavy atom. The number of aromatic amines is 1. The van der Waals surface area contributed by atoms with Crippen LogP contribution in [0.15, 0.2) is 79.1 Å². The SMILES string of the molecule is Nc1ncnc2cc(CN3C(=O)CN(Cc4cc5cc(Cl)ccc5[nH]4)CC3CNC(=O)Nc3ccccc3)ccc12. The zero-order valence-electron chi connectivity index (χ0n) is 22.2. The average Bonchev–Trinajstić information content (AvgIpc) is 3.35. The predicted molar refractivity (Wildman–Crippen MR) is 160 cm³/mol. The number of anilines is 2. The number of para-hydroxylation sites is 1. The maximum atomic E-state index is 13.6. The van der Waals surface area contributed by atoms with Crippen LogP contribution in [0, 0.1) is 0 Å². The van der Waals surface area contributed by atoms with E-state index in [1.165, 1.54) is 6.33 Å². The fourth-order valence-electron chi connectivity index (χ4n) is 5.27. The number of rotatable bonds is 7. The minimum absolute atomic E-state index is 0.0204. The molecule has 0 saturated carbocycles. The first-order valence-corrected chi connectivity index (χ1v) is 13.7. The van der Waals surface area contributed by atoms with E-state index in [1.807, 2.05) is 71.6 Å². The van der Waals surface area contributed by atoms with Gasteiger partial charge in [-0.1, -0.05) is 35.9 Å². The second kappa shape index (κ2) is 11.4. The van der Waals surface area contributed by atoms with Crippen LogP contribution in [0.3, 0.4) is 0 Å². The van der Waals surface area contributed by atoms with Gasteiger partial charge in [-0.25, -0.2) is 14.8 Å². The van der Waals surface area contributed by atoms with Crippen molar-refractivity contribution in [2.75, 3.05) is 30.7 Å². The molecule has 0 radical (unpaired) electrons. The number of piperazine rings is 1. The highest BCUT2D eigenvalue weighted by atomic mass is 35.5. The molecular formula is C30H29ClN8O2. The van der Waals surface area contributed by atoms with E-state index >= 15 is 0 Å². The number of aromatic nitrogens is 3. The molecule has 3 amide bonds. The molecule has 0 spiro atoms. The fraction of sp³-hybridized carbons (Fsp3) is 0.200. The Kier molecular flexibility index (Phi) is 7.41. The van der Waals surface area contributed by atoms with Gasteiger partial charge in [0, 0.05) is 58.9 Å². The topological polar surface area (TPSA) is 132 Å². The van der Waals surface area contributed by atoms with Crippen LogP contribution in [0.4, 0.5) is 16.3 Å². The van der Waals surface area contributed by atoms with Crippen molar-refractivity contribution >= 4 is 56.9 Å². The Morgan fingerprint density at radius 3 is 2.76 bits per heavy atom. The first-order valence-electron chi connectivity index (χ1n) is 13.3. The van der Waals surface area contributed by atoms with Gasteiger partial charge in [0.25, 0.3) is 0 Å². The fourth-order valence-corrected chi connectivity index (χ4v) is 5.46. The minimum Gasteiger partial charge on any atom is -0.383 e. The van der Waals surface area contributed by atoms with Crippen molar-refractivity contribution in [1.82, 2.24) is 30.1 Å². The van der Waals surface area contributed by atoms with E-state index < -0.39 is 0 Å². The van der Waals surface area contributed by atoms with Crippen molar-refractivity contribution in [1.29, 1.82) is 0 Å². The molecule has 6 rings (SSSR count). The molecule has 1 unspecified atom stereocenters. The van der Waals surface area contributed by atoms with Gasteiger partial charge in [-0.05, 0) is 54.1 Å². The number of H-pyrrole nitrogens is 1. The Labute approximate surface area is 241 Å². The number of halogens is 1. The van der Waals surface area contributed by atoms with Crippen LogP contribution in [-0.2, 0) is 17.9 Å². The van der Waals surface area contributed by atoms with E-state index in [-0.39, 0.29) is 31.1 Å². The van der Waals surface area contributed by atoms with Crippen LogP contribution in [0.5, 0.6) is 0 Å². The smallest absolute Gasteiger partial charge is 0.319 e. The monoisotopic (exact) mass is 568 g/mol. The van der Waals surface area contributed by atoms with Gasteiger partial charge in [-0.15, -0.1) is 0 Å². The van der Waals surface area contributed by atoms with Crippen LogP contribution in [0.2, 0.25) is 5.02 Å². The van der Waals surface area contributed by atoms with Crippen LogP contribution in [0.25, 0.3) is 21.8 Å². The van der Waals surface area contributed by atoms with Crippen molar-refractivity contribution < 1.29 is 9.59 Å². The highest BCUT2D eigenvalue weighted by Crippen LogP contribution is 2.24. The number of nitrogens with zero attached hydrogens (tertiary/aromatic N) is 4. The second-order valence-electron chi connectivity index (χ2n) is 10.2. The van der Waals surface area contributed by atoms with E-state index in [1.54, 1.807) is 0 Å². The zero-order chi connectivity index (χ0) is 28.3. The average molecular weight is 569 g/mol. The number of nitrogen functional groups attached to an aromatic ring is 1. The molecule has 1 atom stereocenters. The predicted octanol–water partition coefficient (Wildman–Crippen LogP) is 4.38. The first kappa shape index (κ1) is 26.5. The largest absolute Gasteiger partial charge is 0.383 e. The molecule has 11 heteroatoms. The minimum atomic E-state index is -0.328. The number of carbonyl (C=O) groups is 2. The summed E-state index contributed by atoms with van der Waals surface area (Å²) in [7, 11) is 0. The Morgan fingerprint density at radius 1 is 1.05 bits per heavy atom. The van der Waals surface area contributed by atoms with E-state index in [2.05, 4.69) is 36.6 Å². The van der Waals surface area contributed by atoms with Gasteiger partial charge < -0.3 is 26.3 Å². The summed E-state index contributed by atoms with van der Waals surface area (Å²) in [5.74, 6) is 0.393. The van der Waals surface area contributed by atoms with Gasteiger partial charge in [0.05, 0.1) is 18.1 Å². The van der Waals surface area contributed by atoms with Gasteiger partial charge in [0.15, 0.2) is 0 Å². The van der Waals surface area contributed by atoms with Crippen LogP contribution in [0.1, 0.15) is 11.3 Å². The van der Waals surface area contributed by atoms with E-state index in [0.717, 1.165) is 33.1 Å². The Balaban J connectivity index is 1.20. The molecule has 1 saturated heterocycles. The third-order valence-corrected chi connectivity index (χ3v) is 7.47. The molecule has 0 aliphatic carbocycles. The number of urea groups is 1. The summed E-state index contributed by atoms with van der Waals surface area (Å²) >= 11 is 6.16. The molecule has 5 N–H and O–H groups in total. The van der Waals surface area contributed by atoms with Crippen molar-refractivity contribution in [3.05, 3.63) is 95.4 Å². The summed E-state index contributed by atoms with van der Waals surface area (Å²) in [4.78, 5) is 42.0. The second-order valence-corrected chi connectivity index (χ2v) is 10.6. The summed E-state index contributed by atoms with van der Waals surface area (Å²) in [6.07, 6.45) is 1.43. The molecule has 10 nitrogen and oxygen atoms in total. The summed E-state index contributed by atoms with van der Waals surface area (Å²) in [5, 5.41) is 8.26. The lowest BCUT2D eigenvalue weighted by molar-refractivity contribution is -0.140. The molecule has 41 heavy (non-hydrogen) atoms. The molecule has 1 aliphatic heterocycles. The Bertz CT molecular complexity index is 1720. The van der Waals surface area contributed by atoms with E-state index in [0.29, 0.717) is 36.2 Å². The molecule has 1 aliphatic rings. The lowest BCUT2D eigenvalue weighted by atomic mass is 10.1. The standard InChI is InChI=1S/C30H29ClN8O2/c31-21-7-9-26-20(11-21)12-23(36-26)15-38-16-24(13-33-30(41)37-22-4-2-1-3-5-22)39(28(40)17-38)14-19-6-8-25-27(10-19)34-18-35-29(25)32/h1-12,18,24,36H,13-17H2,(H2,32,34,35)(H2,33,37,41). The van der Waals surface area contributed by atoms with E-state index in [4.69, 9.17) is 17.3 Å². The van der Waals surface area contributed by atoms with E-state index in [9.17, 15) is 9.59 Å². The lowest BCUT2D eigenvalue weighted by Gasteiger charge is -2.41. The molecule has 0 bridgehead atoms. The molecule has 5 aromatic rings. The van der Waals surface area contributed by atoms with Crippen LogP contribution < -0.4 is 16.4 Å². The number of hydrogen-bond donors (Lipinski definition) is 4. The quantitative estimate of drug-likeness (QED) is 0.230. The molecule has 3 heterocycles. The Hall–Kier alpha value is -4.67. The number of nitrogens with one attached hydrogen (secondary N) is 3. The summed E-state index contributed by atoms with van der Waals surface area (Å²) < 4.78 is 0. The molecule has 208 valence electrons. The van der Waals surface area contributed by atoms with Gasteiger partial charge in [-0.3, -0.25) is 9.69 Å². The molecular weight excluding hydrogens is 540 g/mol. The van der Waals surface area contributed by atoms with Crippen LogP contribution in [-0.4, -0.2) is 62.4 Å². The molecule has 2 aromatic heterocycles. The molecule has 3 aromatic carbocycles. The third-order valence-electron chi connectivity index (χ3n) is 7.24. The number of fused-ring (bicyclic) bond motifs is 2. The third kappa shape index (κ3) is 6.08. The van der Waals surface area contributed by atoms with Gasteiger partial charge >= 0.3 is 6.03 Å². The first-order chi connectivity index (χ1) is 19.9.